The van der Waals surface area contributed by atoms with Gasteiger partial charge in [-0.1, -0.05) is 32.4 Å². The molecular weight excluding hydrogens is 336 g/mol. The molecule has 3 heterocycles. The third kappa shape index (κ3) is 3.58. The zero-order valence-corrected chi connectivity index (χ0v) is 17.2. The Kier molecular flexibility index (Phi) is 5.85. The fourth-order valence-corrected chi connectivity index (χ4v) is 3.65. The topological polar surface area (TPSA) is 73.2 Å². The Morgan fingerprint density at radius 3 is 2.78 bits per heavy atom. The summed E-state index contributed by atoms with van der Waals surface area (Å²) in [4.78, 5) is 5.05. The molecule has 0 aromatic carbocycles. The quantitative estimate of drug-likeness (QED) is 0.757. The number of fused-ring (bicyclic) bond motifs is 1. The van der Waals surface area contributed by atoms with Crippen molar-refractivity contribution in [3.8, 4) is 0 Å². The number of nitrogens with two attached hydrogens (primary N) is 1. The number of nitrogen functional groups attached to an aromatic ring is 1. The van der Waals surface area contributed by atoms with Gasteiger partial charge >= 0.3 is 0 Å². The minimum Gasteiger partial charge on any atom is -0.385 e. The lowest BCUT2D eigenvalue weighted by Gasteiger charge is -2.24. The van der Waals surface area contributed by atoms with E-state index in [9.17, 15) is 0 Å². The summed E-state index contributed by atoms with van der Waals surface area (Å²) in [5.74, 6) is 1.78. The summed E-state index contributed by atoms with van der Waals surface area (Å²) in [6.07, 6.45) is 12.3. The summed E-state index contributed by atoms with van der Waals surface area (Å²) in [5, 5.41) is 7.97. The van der Waals surface area contributed by atoms with Crippen LogP contribution >= 0.6 is 0 Å². The van der Waals surface area contributed by atoms with Gasteiger partial charge in [0, 0.05) is 35.3 Å². The second-order valence-corrected chi connectivity index (χ2v) is 7.41. The molecule has 1 unspecified atom stereocenters. The average molecular weight is 369 g/mol. The molecule has 0 bridgehead atoms. The minimum absolute atomic E-state index is 0.102. The van der Waals surface area contributed by atoms with Gasteiger partial charge in [-0.2, -0.15) is 5.10 Å². The molecule has 0 aliphatic carbocycles. The van der Waals surface area contributed by atoms with Crippen molar-refractivity contribution in [2.24, 2.45) is 4.99 Å². The third-order valence-corrected chi connectivity index (χ3v) is 5.12. The van der Waals surface area contributed by atoms with Crippen LogP contribution in [0.4, 0.5) is 11.6 Å². The molecule has 27 heavy (non-hydrogen) atoms. The Morgan fingerprint density at radius 2 is 2.15 bits per heavy atom. The zero-order valence-electron chi connectivity index (χ0n) is 17.2. The molecule has 146 valence electrons. The highest BCUT2D eigenvalue weighted by atomic mass is 15.4. The van der Waals surface area contributed by atoms with Crippen LogP contribution in [0.5, 0.6) is 0 Å². The van der Waals surface area contributed by atoms with E-state index in [0.717, 1.165) is 54.2 Å². The molecule has 2 aromatic heterocycles. The highest BCUT2D eigenvalue weighted by molar-refractivity contribution is 6.06. The highest BCUT2D eigenvalue weighted by Gasteiger charge is 2.27. The van der Waals surface area contributed by atoms with E-state index in [1.165, 1.54) is 5.56 Å². The van der Waals surface area contributed by atoms with Gasteiger partial charge < -0.3 is 10.3 Å². The molecule has 0 fully saturated rings. The van der Waals surface area contributed by atoms with Crippen molar-refractivity contribution in [2.75, 3.05) is 12.8 Å². The number of aryl methyl sites for hydroxylation is 1. The van der Waals surface area contributed by atoms with Crippen molar-refractivity contribution in [2.45, 2.75) is 65.6 Å². The number of hydrogen-bond donors (Lipinski definition) is 2. The number of aromatic nitrogens is 3. The molecule has 3 N–H and O–H groups in total. The monoisotopic (exact) mass is 368 g/mol. The Bertz CT molecular complexity index is 852. The first-order valence-corrected chi connectivity index (χ1v) is 10.00. The number of aliphatic imine (C=N–C) groups is 1. The molecule has 6 nitrogen and oxygen atoms in total. The van der Waals surface area contributed by atoms with Crippen LogP contribution in [0.1, 0.15) is 75.9 Å². The molecule has 0 saturated carbocycles. The Morgan fingerprint density at radius 1 is 1.37 bits per heavy atom. The summed E-state index contributed by atoms with van der Waals surface area (Å²) >= 11 is 0. The van der Waals surface area contributed by atoms with Crippen LogP contribution in [-0.4, -0.2) is 27.1 Å². The first-order chi connectivity index (χ1) is 13.0. The second kappa shape index (κ2) is 8.13. The van der Waals surface area contributed by atoms with Gasteiger partial charge in [0.15, 0.2) is 5.82 Å². The minimum atomic E-state index is 0.102. The van der Waals surface area contributed by atoms with Crippen LogP contribution in [0.2, 0.25) is 0 Å². The number of rotatable bonds is 7. The summed E-state index contributed by atoms with van der Waals surface area (Å²) in [5.41, 5.74) is 11.0. The van der Waals surface area contributed by atoms with Gasteiger partial charge in [0.1, 0.15) is 12.0 Å². The maximum Gasteiger partial charge on any atom is 0.155 e. The molecule has 1 aliphatic rings. The van der Waals surface area contributed by atoms with Crippen LogP contribution in [-0.2, 0) is 6.42 Å². The molecule has 3 rings (SSSR count). The average Bonchev–Trinajstić information content (AvgIpc) is 3.21. The van der Waals surface area contributed by atoms with Gasteiger partial charge in [-0.15, -0.1) is 0 Å². The van der Waals surface area contributed by atoms with Gasteiger partial charge in [0.2, 0.25) is 0 Å². The molecule has 1 aliphatic heterocycles. The van der Waals surface area contributed by atoms with Gasteiger partial charge in [-0.25, -0.2) is 9.67 Å². The van der Waals surface area contributed by atoms with E-state index in [4.69, 9.17) is 10.7 Å². The Balaban J connectivity index is 2.15. The van der Waals surface area contributed by atoms with Gasteiger partial charge in [0.25, 0.3) is 0 Å². The van der Waals surface area contributed by atoms with Crippen molar-refractivity contribution in [3.05, 3.63) is 35.2 Å². The van der Waals surface area contributed by atoms with Crippen LogP contribution in [0, 0.1) is 0 Å². The number of anilines is 1. The van der Waals surface area contributed by atoms with Crippen LogP contribution in [0.3, 0.4) is 0 Å². The van der Waals surface area contributed by atoms with E-state index >= 15 is 0 Å². The van der Waals surface area contributed by atoms with Crippen molar-refractivity contribution < 1.29 is 0 Å². The summed E-state index contributed by atoms with van der Waals surface area (Å²) in [6, 6.07) is 0.304. The lowest BCUT2D eigenvalue weighted by molar-refractivity contribution is 0.406. The predicted molar refractivity (Wildman–Crippen MR) is 114 cm³/mol. The maximum atomic E-state index is 6.50. The van der Waals surface area contributed by atoms with E-state index in [-0.39, 0.29) is 6.17 Å². The molecule has 0 saturated heterocycles. The van der Waals surface area contributed by atoms with Crippen molar-refractivity contribution in [1.82, 2.24) is 19.7 Å². The summed E-state index contributed by atoms with van der Waals surface area (Å²) < 4.78 is 4.15. The predicted octanol–water partition coefficient (Wildman–Crippen LogP) is 4.47. The molecule has 2 aromatic rings. The molecule has 0 radical (unpaired) electrons. The number of hydrogen-bond acceptors (Lipinski definition) is 4. The van der Waals surface area contributed by atoms with Gasteiger partial charge in [-0.3, -0.25) is 5.32 Å². The molecular formula is C21H32N6. The summed E-state index contributed by atoms with van der Waals surface area (Å²) in [7, 11) is 1.98. The smallest absolute Gasteiger partial charge is 0.155 e. The van der Waals surface area contributed by atoms with Crippen LogP contribution in [0.15, 0.2) is 23.5 Å². The normalized spacial score (nSPS) is 17.0. The van der Waals surface area contributed by atoms with Crippen LogP contribution in [0.25, 0.3) is 6.08 Å². The third-order valence-electron chi connectivity index (χ3n) is 5.12. The highest BCUT2D eigenvalue weighted by Crippen LogP contribution is 2.34. The van der Waals surface area contributed by atoms with Crippen molar-refractivity contribution >= 4 is 23.4 Å². The zero-order chi connectivity index (χ0) is 19.6. The van der Waals surface area contributed by atoms with E-state index in [1.807, 2.05) is 17.9 Å². The fraction of sp³-hybridized carbons (Fsp3) is 0.524. The van der Waals surface area contributed by atoms with Crippen molar-refractivity contribution in [3.63, 3.8) is 0 Å². The first-order valence-electron chi connectivity index (χ1n) is 10.00. The standard InChI is InChI=1S/C21H32N6/c1-6-8-10-16-17(13-26(14(3)4)20(16)22)18-11-19(23-5)27-21(25-18)15(9-7-2)12-24-27/h8,10,12-14,19,23H,6-7,9,11,22H2,1-5H3/b10-8-. The molecule has 6 heteroatoms. The van der Waals surface area contributed by atoms with E-state index < -0.39 is 0 Å². The summed E-state index contributed by atoms with van der Waals surface area (Å²) in [6.45, 7) is 8.63. The largest absolute Gasteiger partial charge is 0.385 e. The maximum absolute atomic E-state index is 6.50. The van der Waals surface area contributed by atoms with E-state index in [2.05, 4.69) is 61.0 Å². The Hall–Kier alpha value is -2.34. The van der Waals surface area contributed by atoms with Gasteiger partial charge in [-0.05, 0) is 33.7 Å². The van der Waals surface area contributed by atoms with Gasteiger partial charge in [0.05, 0.1) is 11.9 Å². The van der Waals surface area contributed by atoms with Crippen molar-refractivity contribution in [1.29, 1.82) is 0 Å². The fourth-order valence-electron chi connectivity index (χ4n) is 3.65. The Labute approximate surface area is 162 Å². The number of allylic oxidation sites excluding steroid dienone is 1. The number of nitrogens with zero attached hydrogens (tertiary/aromatic N) is 4. The SMILES string of the molecule is CC/C=C\c1c(C2=Nc3c(CCC)cnn3C(NC)C2)cn(C(C)C)c1N. The van der Waals surface area contributed by atoms with E-state index in [1.54, 1.807) is 0 Å². The lowest BCUT2D eigenvalue weighted by atomic mass is 10.0. The second-order valence-electron chi connectivity index (χ2n) is 7.41. The first kappa shape index (κ1) is 19.4. The molecule has 0 spiro atoms. The van der Waals surface area contributed by atoms with E-state index in [0.29, 0.717) is 6.04 Å². The molecule has 0 amide bonds. The van der Waals surface area contributed by atoms with Crippen LogP contribution < -0.4 is 11.1 Å². The number of nitrogens with one attached hydrogen (secondary N) is 1. The molecule has 1 atom stereocenters. The lowest BCUT2D eigenvalue weighted by Crippen LogP contribution is -2.29.